The summed E-state index contributed by atoms with van der Waals surface area (Å²) in [6, 6.07) is 3.05. The highest BCUT2D eigenvalue weighted by molar-refractivity contribution is 7.91. The summed E-state index contributed by atoms with van der Waals surface area (Å²) in [6.45, 7) is 3.29. The number of aryl methyl sites for hydroxylation is 1. The van der Waals surface area contributed by atoms with Gasteiger partial charge in [0, 0.05) is 18.5 Å². The van der Waals surface area contributed by atoms with E-state index in [2.05, 4.69) is 4.72 Å². The number of benzene rings is 1. The van der Waals surface area contributed by atoms with Crippen molar-refractivity contribution in [3.05, 3.63) is 23.3 Å². The highest BCUT2D eigenvalue weighted by atomic mass is 32.2. The Kier molecular flexibility index (Phi) is 4.59. The number of nitrogens with one attached hydrogen (secondary N) is 1. The van der Waals surface area contributed by atoms with Crippen LogP contribution in [0, 0.1) is 13.8 Å². The maximum Gasteiger partial charge on any atom is 0.240 e. The Balaban J connectivity index is 3.02. The van der Waals surface area contributed by atoms with Crippen LogP contribution in [0.2, 0.25) is 0 Å². The van der Waals surface area contributed by atoms with E-state index in [9.17, 15) is 16.8 Å². The van der Waals surface area contributed by atoms with Gasteiger partial charge >= 0.3 is 0 Å². The van der Waals surface area contributed by atoms with Crippen molar-refractivity contribution in [3.8, 4) is 0 Å². The number of hydrogen-bond acceptors (Lipinski definition) is 5. The molecule has 1 aromatic rings. The average molecular weight is 306 g/mol. The van der Waals surface area contributed by atoms with Gasteiger partial charge in [0.05, 0.1) is 10.6 Å². The maximum atomic E-state index is 12.1. The Morgan fingerprint density at radius 2 is 1.74 bits per heavy atom. The van der Waals surface area contributed by atoms with E-state index in [1.165, 1.54) is 6.07 Å². The van der Waals surface area contributed by atoms with Gasteiger partial charge in [-0.15, -0.1) is 0 Å². The number of nitrogen functional groups attached to an aromatic ring is 1. The highest BCUT2D eigenvalue weighted by Crippen LogP contribution is 2.21. The molecule has 0 aliphatic carbocycles. The summed E-state index contributed by atoms with van der Waals surface area (Å²) in [7, 11) is -6.96. The van der Waals surface area contributed by atoms with Gasteiger partial charge in [-0.1, -0.05) is 0 Å². The summed E-state index contributed by atoms with van der Waals surface area (Å²) >= 11 is 0. The summed E-state index contributed by atoms with van der Waals surface area (Å²) in [5, 5.41) is 0. The van der Waals surface area contributed by atoms with E-state index in [4.69, 9.17) is 5.73 Å². The molecule has 0 atom stereocenters. The van der Waals surface area contributed by atoms with Gasteiger partial charge < -0.3 is 5.73 Å². The normalized spacial score (nSPS) is 12.6. The number of sulfonamides is 1. The summed E-state index contributed by atoms with van der Waals surface area (Å²) in [6.07, 6.45) is 1.05. The second kappa shape index (κ2) is 5.48. The monoisotopic (exact) mass is 306 g/mol. The lowest BCUT2D eigenvalue weighted by Crippen LogP contribution is -2.29. The number of sulfone groups is 1. The fourth-order valence-corrected chi connectivity index (χ4v) is 3.56. The first-order valence-electron chi connectivity index (χ1n) is 5.57. The largest absolute Gasteiger partial charge is 0.399 e. The predicted octanol–water partition coefficient (Wildman–Crippen LogP) is 0.209. The number of nitrogens with two attached hydrogens (primary N) is 1. The van der Waals surface area contributed by atoms with Gasteiger partial charge in [0.25, 0.3) is 0 Å². The molecule has 0 aromatic heterocycles. The van der Waals surface area contributed by atoms with Crippen molar-refractivity contribution >= 4 is 25.5 Å². The van der Waals surface area contributed by atoms with E-state index in [0.717, 1.165) is 11.8 Å². The number of rotatable bonds is 5. The van der Waals surface area contributed by atoms with E-state index in [1.54, 1.807) is 19.9 Å². The minimum Gasteiger partial charge on any atom is -0.399 e. The minimum absolute atomic E-state index is 0.0819. The van der Waals surface area contributed by atoms with Crippen molar-refractivity contribution in [3.63, 3.8) is 0 Å². The predicted molar refractivity (Wildman–Crippen MR) is 75.2 cm³/mol. The molecule has 0 unspecified atom stereocenters. The first-order chi connectivity index (χ1) is 8.53. The van der Waals surface area contributed by atoms with Crippen molar-refractivity contribution in [2.24, 2.45) is 0 Å². The fraction of sp³-hybridized carbons (Fsp3) is 0.455. The van der Waals surface area contributed by atoms with Crippen LogP contribution in [0.15, 0.2) is 17.0 Å². The molecule has 0 radical (unpaired) electrons. The zero-order chi connectivity index (χ0) is 14.8. The molecule has 6 nitrogen and oxygen atoms in total. The van der Waals surface area contributed by atoms with Crippen LogP contribution in [0.1, 0.15) is 11.1 Å². The molecule has 0 saturated carbocycles. The van der Waals surface area contributed by atoms with Crippen LogP contribution in [0.4, 0.5) is 5.69 Å². The Labute approximate surface area is 114 Å². The molecule has 0 aliphatic rings. The summed E-state index contributed by atoms with van der Waals surface area (Å²) < 4.78 is 48.4. The van der Waals surface area contributed by atoms with Crippen LogP contribution in [0.5, 0.6) is 0 Å². The molecule has 0 aliphatic heterocycles. The molecular weight excluding hydrogens is 288 g/mol. The van der Waals surface area contributed by atoms with Gasteiger partial charge in [-0.2, -0.15) is 0 Å². The quantitative estimate of drug-likeness (QED) is 0.756. The summed E-state index contributed by atoms with van der Waals surface area (Å²) in [4.78, 5) is 0.0819. The van der Waals surface area contributed by atoms with Gasteiger partial charge in [0.15, 0.2) is 0 Å². The molecule has 19 heavy (non-hydrogen) atoms. The third kappa shape index (κ3) is 4.48. The van der Waals surface area contributed by atoms with Crippen LogP contribution >= 0.6 is 0 Å². The van der Waals surface area contributed by atoms with E-state index in [-0.39, 0.29) is 17.2 Å². The van der Waals surface area contributed by atoms with Gasteiger partial charge in [-0.25, -0.2) is 21.6 Å². The van der Waals surface area contributed by atoms with Crippen molar-refractivity contribution < 1.29 is 16.8 Å². The summed E-state index contributed by atoms with van der Waals surface area (Å²) in [5.74, 6) is -0.243. The van der Waals surface area contributed by atoms with Crippen molar-refractivity contribution in [2.75, 3.05) is 24.3 Å². The van der Waals surface area contributed by atoms with Gasteiger partial charge in [-0.3, -0.25) is 0 Å². The van der Waals surface area contributed by atoms with Crippen LogP contribution in [-0.4, -0.2) is 35.4 Å². The van der Waals surface area contributed by atoms with Gasteiger partial charge in [0.1, 0.15) is 9.84 Å². The molecule has 0 heterocycles. The average Bonchev–Trinajstić information content (AvgIpc) is 2.20. The van der Waals surface area contributed by atoms with Gasteiger partial charge in [0.2, 0.25) is 10.0 Å². The Morgan fingerprint density at radius 3 is 2.26 bits per heavy atom. The third-order valence-corrected chi connectivity index (χ3v) is 5.23. The van der Waals surface area contributed by atoms with Crippen LogP contribution in [-0.2, 0) is 19.9 Å². The molecule has 108 valence electrons. The number of hydrogen-bond donors (Lipinski definition) is 2. The van der Waals surface area contributed by atoms with Gasteiger partial charge in [-0.05, 0) is 37.1 Å². The lowest BCUT2D eigenvalue weighted by Gasteiger charge is -2.12. The standard InChI is InChI=1S/C11H18N2O4S2/c1-8-6-10(12)7-11(9(8)2)19(16,17)13-4-5-18(3,14)15/h6-7,13H,4-5,12H2,1-3H3. The molecular formula is C11H18N2O4S2. The molecule has 1 rings (SSSR count). The first kappa shape index (κ1) is 15.9. The van der Waals surface area contributed by atoms with Crippen LogP contribution < -0.4 is 10.5 Å². The van der Waals surface area contributed by atoms with E-state index in [1.807, 2.05) is 0 Å². The van der Waals surface area contributed by atoms with Crippen molar-refractivity contribution in [2.45, 2.75) is 18.7 Å². The third-order valence-electron chi connectivity index (χ3n) is 2.70. The zero-order valence-corrected chi connectivity index (χ0v) is 12.7. The molecule has 8 heteroatoms. The van der Waals surface area contributed by atoms with Crippen LogP contribution in [0.3, 0.4) is 0 Å². The zero-order valence-electron chi connectivity index (χ0n) is 11.1. The van der Waals surface area contributed by atoms with Crippen molar-refractivity contribution in [1.29, 1.82) is 0 Å². The molecule has 0 amide bonds. The molecule has 0 saturated heterocycles. The lowest BCUT2D eigenvalue weighted by atomic mass is 10.1. The molecule has 3 N–H and O–H groups in total. The fourth-order valence-electron chi connectivity index (χ4n) is 1.57. The van der Waals surface area contributed by atoms with Crippen LogP contribution in [0.25, 0.3) is 0 Å². The second-order valence-corrected chi connectivity index (χ2v) is 8.48. The first-order valence-corrected chi connectivity index (χ1v) is 9.11. The topological polar surface area (TPSA) is 106 Å². The van der Waals surface area contributed by atoms with E-state index in [0.29, 0.717) is 11.3 Å². The lowest BCUT2D eigenvalue weighted by molar-refractivity contribution is 0.581. The molecule has 0 spiro atoms. The molecule has 0 bridgehead atoms. The van der Waals surface area contributed by atoms with Crippen molar-refractivity contribution in [1.82, 2.24) is 4.72 Å². The number of anilines is 1. The van der Waals surface area contributed by atoms with E-state index < -0.39 is 19.9 Å². The Morgan fingerprint density at radius 1 is 1.16 bits per heavy atom. The highest BCUT2D eigenvalue weighted by Gasteiger charge is 2.18. The Bertz CT molecular complexity index is 679. The Hall–Kier alpha value is -1.12. The van der Waals surface area contributed by atoms with E-state index >= 15 is 0 Å². The summed E-state index contributed by atoms with van der Waals surface area (Å²) in [5.41, 5.74) is 7.35. The second-order valence-electron chi connectivity index (χ2n) is 4.49. The smallest absolute Gasteiger partial charge is 0.240 e. The maximum absolute atomic E-state index is 12.1. The minimum atomic E-state index is -3.75. The molecule has 1 aromatic carbocycles. The SMILES string of the molecule is Cc1cc(N)cc(S(=O)(=O)NCCS(C)(=O)=O)c1C. The molecule has 0 fully saturated rings.